The lowest BCUT2D eigenvalue weighted by molar-refractivity contribution is 0.167. The molecule has 0 atom stereocenters. The minimum atomic E-state index is -0.370. The van der Waals surface area contributed by atoms with E-state index in [2.05, 4.69) is 28.7 Å². The van der Waals surface area contributed by atoms with E-state index < -0.39 is 0 Å². The fraction of sp³-hybridized carbons (Fsp3) is 0.450. The van der Waals surface area contributed by atoms with Crippen LogP contribution in [-0.4, -0.2) is 32.5 Å². The van der Waals surface area contributed by atoms with Gasteiger partial charge in [-0.2, -0.15) is 0 Å². The number of aryl methyl sites for hydroxylation is 2. The Labute approximate surface area is 161 Å². The zero-order valence-corrected chi connectivity index (χ0v) is 16.4. The van der Waals surface area contributed by atoms with Gasteiger partial charge in [0.15, 0.2) is 0 Å². The third-order valence-corrected chi connectivity index (χ3v) is 6.37. The van der Waals surface area contributed by atoms with E-state index in [0.29, 0.717) is 23.4 Å². The first-order valence-corrected chi connectivity index (χ1v) is 10.1. The minimum absolute atomic E-state index is 0.0850. The molecule has 0 unspecified atom stereocenters. The maximum Gasteiger partial charge on any atom is 0.261 e. The van der Waals surface area contributed by atoms with Gasteiger partial charge in [-0.05, 0) is 57.8 Å². The van der Waals surface area contributed by atoms with E-state index in [4.69, 9.17) is 0 Å². The predicted molar refractivity (Wildman–Crippen MR) is 106 cm³/mol. The van der Waals surface area contributed by atoms with Gasteiger partial charge in [0.2, 0.25) is 0 Å². The van der Waals surface area contributed by atoms with Crippen molar-refractivity contribution < 1.29 is 4.39 Å². The fourth-order valence-corrected chi connectivity index (χ4v) is 4.77. The minimum Gasteiger partial charge on any atom is -0.298 e. The van der Waals surface area contributed by atoms with Crippen molar-refractivity contribution in [1.29, 1.82) is 0 Å². The van der Waals surface area contributed by atoms with E-state index in [0.717, 1.165) is 43.2 Å². The van der Waals surface area contributed by atoms with Crippen LogP contribution in [0.15, 0.2) is 29.3 Å². The maximum atomic E-state index is 13.3. The van der Waals surface area contributed by atoms with Crippen molar-refractivity contribution in [3.8, 4) is 0 Å². The number of hydrogen-bond acceptors (Lipinski definition) is 5. The fourth-order valence-electron chi connectivity index (χ4n) is 3.79. The van der Waals surface area contributed by atoms with Crippen molar-refractivity contribution in [2.45, 2.75) is 39.8 Å². The number of nitrogens with zero attached hydrogens (tertiary/aromatic N) is 4. The molecule has 3 heterocycles. The quantitative estimate of drug-likeness (QED) is 0.688. The summed E-state index contributed by atoms with van der Waals surface area (Å²) in [5.74, 6) is 0.0915. The van der Waals surface area contributed by atoms with Crippen LogP contribution in [0.2, 0.25) is 0 Å². The molecule has 27 heavy (non-hydrogen) atoms. The van der Waals surface area contributed by atoms with E-state index in [1.165, 1.54) is 23.1 Å². The highest BCUT2D eigenvalue weighted by atomic mass is 32.1. The monoisotopic (exact) mass is 386 g/mol. The molecule has 2 aromatic heterocycles. The second-order valence-electron chi connectivity index (χ2n) is 7.32. The third kappa shape index (κ3) is 3.94. The first-order valence-electron chi connectivity index (χ1n) is 9.29. The number of piperidine rings is 1. The standard InChI is InChI=1S/C20H23FN4OS/c1-13-19(27-14(2)23-13)11-24-7-5-15(6-8-24)10-25-12-22-18-9-16(21)3-4-17(18)20(25)26/h3-4,9,12,15H,5-8,10-11H2,1-2H3. The molecule has 1 aliphatic heterocycles. The van der Waals surface area contributed by atoms with Crippen LogP contribution in [0.5, 0.6) is 0 Å². The van der Waals surface area contributed by atoms with Gasteiger partial charge >= 0.3 is 0 Å². The van der Waals surface area contributed by atoms with Crippen LogP contribution in [0.25, 0.3) is 10.9 Å². The molecule has 3 aromatic rings. The number of hydrogen-bond donors (Lipinski definition) is 0. The molecule has 0 saturated carbocycles. The van der Waals surface area contributed by atoms with Gasteiger partial charge in [-0.15, -0.1) is 11.3 Å². The Balaban J connectivity index is 1.40. The lowest BCUT2D eigenvalue weighted by Crippen LogP contribution is -2.36. The Bertz CT molecular complexity index is 1020. The summed E-state index contributed by atoms with van der Waals surface area (Å²) < 4.78 is 15.0. The summed E-state index contributed by atoms with van der Waals surface area (Å²) in [7, 11) is 0. The predicted octanol–water partition coefficient (Wildman–Crippen LogP) is 3.52. The van der Waals surface area contributed by atoms with Crippen molar-refractivity contribution in [2.75, 3.05) is 13.1 Å². The molecule has 4 rings (SSSR count). The van der Waals surface area contributed by atoms with Crippen LogP contribution >= 0.6 is 11.3 Å². The summed E-state index contributed by atoms with van der Waals surface area (Å²) in [5, 5.41) is 1.60. The van der Waals surface area contributed by atoms with Crippen molar-refractivity contribution in [2.24, 2.45) is 5.92 Å². The van der Waals surface area contributed by atoms with Gasteiger partial charge in [0.1, 0.15) is 5.82 Å². The van der Waals surface area contributed by atoms with Gasteiger partial charge in [-0.25, -0.2) is 14.4 Å². The second kappa shape index (κ2) is 7.48. The number of fused-ring (bicyclic) bond motifs is 1. The van der Waals surface area contributed by atoms with Crippen molar-refractivity contribution in [3.05, 3.63) is 56.3 Å². The molecule has 0 amide bonds. The molecule has 1 aromatic carbocycles. The Morgan fingerprint density at radius 2 is 2.04 bits per heavy atom. The molecule has 1 fully saturated rings. The first-order chi connectivity index (χ1) is 13.0. The SMILES string of the molecule is Cc1nc(C)c(CN2CCC(Cn3cnc4cc(F)ccc4c3=O)CC2)s1. The summed E-state index contributed by atoms with van der Waals surface area (Å²) in [4.78, 5) is 25.2. The van der Waals surface area contributed by atoms with Crippen LogP contribution in [-0.2, 0) is 13.1 Å². The maximum absolute atomic E-state index is 13.3. The normalized spacial score (nSPS) is 16.3. The number of thiazole rings is 1. The Kier molecular flexibility index (Phi) is 5.06. The first kappa shape index (κ1) is 18.3. The zero-order chi connectivity index (χ0) is 19.0. The van der Waals surface area contributed by atoms with Crippen LogP contribution in [0, 0.1) is 25.6 Å². The summed E-state index contributed by atoms with van der Waals surface area (Å²) in [6, 6.07) is 4.15. The molecule has 0 N–H and O–H groups in total. The highest BCUT2D eigenvalue weighted by Crippen LogP contribution is 2.24. The number of aromatic nitrogens is 3. The van der Waals surface area contributed by atoms with Crippen molar-refractivity contribution >= 4 is 22.2 Å². The average Bonchev–Trinajstić information content (AvgIpc) is 2.96. The topological polar surface area (TPSA) is 51.0 Å². The van der Waals surface area contributed by atoms with Crippen LogP contribution in [0.3, 0.4) is 0 Å². The van der Waals surface area contributed by atoms with Gasteiger partial charge in [0.25, 0.3) is 5.56 Å². The number of benzene rings is 1. The van der Waals surface area contributed by atoms with E-state index in [9.17, 15) is 9.18 Å². The van der Waals surface area contributed by atoms with E-state index in [1.54, 1.807) is 22.2 Å². The summed E-state index contributed by atoms with van der Waals surface area (Å²) in [5.41, 5.74) is 1.48. The van der Waals surface area contributed by atoms with Gasteiger partial charge < -0.3 is 0 Å². The van der Waals surface area contributed by atoms with Crippen LogP contribution in [0.4, 0.5) is 4.39 Å². The number of rotatable bonds is 4. The summed E-state index contributed by atoms with van der Waals surface area (Å²) >= 11 is 1.78. The van der Waals surface area contributed by atoms with E-state index in [1.807, 2.05) is 0 Å². The Morgan fingerprint density at radius 3 is 2.74 bits per heavy atom. The molecule has 1 aliphatic rings. The molecule has 7 heteroatoms. The molecular formula is C20H23FN4OS. The highest BCUT2D eigenvalue weighted by molar-refractivity contribution is 7.11. The van der Waals surface area contributed by atoms with E-state index in [-0.39, 0.29) is 11.4 Å². The number of halogens is 1. The molecule has 5 nitrogen and oxygen atoms in total. The highest BCUT2D eigenvalue weighted by Gasteiger charge is 2.21. The molecule has 0 bridgehead atoms. The molecule has 0 spiro atoms. The summed E-state index contributed by atoms with van der Waals surface area (Å²) in [6.45, 7) is 7.83. The lowest BCUT2D eigenvalue weighted by Gasteiger charge is -2.31. The molecule has 1 saturated heterocycles. The van der Waals surface area contributed by atoms with Gasteiger partial charge in [0.05, 0.1) is 27.9 Å². The summed E-state index contributed by atoms with van der Waals surface area (Å²) in [6.07, 6.45) is 3.68. The molecule has 0 aliphatic carbocycles. The van der Waals surface area contributed by atoms with Gasteiger partial charge in [-0.1, -0.05) is 0 Å². The van der Waals surface area contributed by atoms with E-state index >= 15 is 0 Å². The number of likely N-dealkylation sites (tertiary alicyclic amines) is 1. The van der Waals surface area contributed by atoms with Crippen molar-refractivity contribution in [1.82, 2.24) is 19.4 Å². The third-order valence-electron chi connectivity index (χ3n) is 5.32. The van der Waals surface area contributed by atoms with Crippen LogP contribution < -0.4 is 5.56 Å². The molecule has 0 radical (unpaired) electrons. The second-order valence-corrected chi connectivity index (χ2v) is 8.61. The Morgan fingerprint density at radius 1 is 1.26 bits per heavy atom. The van der Waals surface area contributed by atoms with Crippen LogP contribution in [0.1, 0.15) is 28.4 Å². The largest absolute Gasteiger partial charge is 0.298 e. The van der Waals surface area contributed by atoms with Crippen molar-refractivity contribution in [3.63, 3.8) is 0 Å². The molecule has 142 valence electrons. The Hall–Kier alpha value is -2.12. The lowest BCUT2D eigenvalue weighted by atomic mass is 9.96. The molecular weight excluding hydrogens is 363 g/mol. The average molecular weight is 386 g/mol. The zero-order valence-electron chi connectivity index (χ0n) is 15.6. The smallest absolute Gasteiger partial charge is 0.261 e. The van der Waals surface area contributed by atoms with Gasteiger partial charge in [-0.3, -0.25) is 14.3 Å². The van der Waals surface area contributed by atoms with Gasteiger partial charge in [0, 0.05) is 24.0 Å².